The standard InChI is InChI=1S/C17H17N5OS/c1-2-11-21-15(23)13-8-4-5-9-14(13)22-16(21)19-20-17(22)24-12-7-3-6-10-18/h2,4-5,8-9H,1,3,6-7,11-12H2. The first-order valence-electron chi connectivity index (χ1n) is 7.75. The van der Waals surface area contributed by atoms with Gasteiger partial charge in [-0.15, -0.1) is 16.8 Å². The third-order valence-electron chi connectivity index (χ3n) is 3.70. The molecule has 0 unspecified atom stereocenters. The first-order valence-corrected chi connectivity index (χ1v) is 8.74. The highest BCUT2D eigenvalue weighted by Gasteiger charge is 2.15. The summed E-state index contributed by atoms with van der Waals surface area (Å²) in [5.41, 5.74) is 0.721. The number of nitrogens with zero attached hydrogens (tertiary/aromatic N) is 5. The summed E-state index contributed by atoms with van der Waals surface area (Å²) in [7, 11) is 0. The Kier molecular flexibility index (Phi) is 4.96. The van der Waals surface area contributed by atoms with Gasteiger partial charge < -0.3 is 0 Å². The van der Waals surface area contributed by atoms with Crippen molar-refractivity contribution >= 4 is 28.4 Å². The van der Waals surface area contributed by atoms with Crippen LogP contribution in [0.2, 0.25) is 0 Å². The monoisotopic (exact) mass is 339 g/mol. The van der Waals surface area contributed by atoms with E-state index in [0.29, 0.717) is 24.1 Å². The quantitative estimate of drug-likeness (QED) is 0.376. The van der Waals surface area contributed by atoms with Gasteiger partial charge in [0.1, 0.15) is 0 Å². The molecule has 0 aliphatic rings. The topological polar surface area (TPSA) is 76.0 Å². The maximum Gasteiger partial charge on any atom is 0.263 e. The average Bonchev–Trinajstić information content (AvgIpc) is 3.02. The Morgan fingerprint density at radius 1 is 1.29 bits per heavy atom. The largest absolute Gasteiger partial charge is 0.272 e. The first-order chi connectivity index (χ1) is 11.8. The van der Waals surface area contributed by atoms with Crippen LogP contribution in [0.5, 0.6) is 0 Å². The highest BCUT2D eigenvalue weighted by molar-refractivity contribution is 7.99. The van der Waals surface area contributed by atoms with E-state index in [1.165, 1.54) is 0 Å². The normalized spacial score (nSPS) is 11.0. The van der Waals surface area contributed by atoms with Crippen molar-refractivity contribution < 1.29 is 0 Å². The molecular formula is C17H17N5OS. The summed E-state index contributed by atoms with van der Waals surface area (Å²) >= 11 is 1.59. The molecule has 0 saturated carbocycles. The van der Waals surface area contributed by atoms with Crippen molar-refractivity contribution in [3.05, 3.63) is 47.3 Å². The number of hydrogen-bond acceptors (Lipinski definition) is 5. The zero-order valence-corrected chi connectivity index (χ0v) is 14.0. The molecule has 122 valence electrons. The molecule has 3 aromatic rings. The Morgan fingerprint density at radius 2 is 2.12 bits per heavy atom. The van der Waals surface area contributed by atoms with Crippen molar-refractivity contribution in [2.45, 2.75) is 31.0 Å². The van der Waals surface area contributed by atoms with E-state index >= 15 is 0 Å². The summed E-state index contributed by atoms with van der Waals surface area (Å²) < 4.78 is 3.51. The molecule has 24 heavy (non-hydrogen) atoms. The van der Waals surface area contributed by atoms with Crippen LogP contribution in [0.3, 0.4) is 0 Å². The lowest BCUT2D eigenvalue weighted by Gasteiger charge is -2.09. The van der Waals surface area contributed by atoms with Crippen molar-refractivity contribution in [2.24, 2.45) is 0 Å². The lowest BCUT2D eigenvalue weighted by molar-refractivity contribution is 0.783. The van der Waals surface area contributed by atoms with Gasteiger partial charge in [0.05, 0.1) is 17.0 Å². The molecule has 0 amide bonds. The molecule has 2 aromatic heterocycles. The molecule has 3 rings (SSSR count). The number of allylic oxidation sites excluding steroid dienone is 1. The summed E-state index contributed by atoms with van der Waals surface area (Å²) in [5.74, 6) is 1.38. The minimum absolute atomic E-state index is 0.0871. The molecule has 2 heterocycles. The highest BCUT2D eigenvalue weighted by atomic mass is 32.2. The maximum atomic E-state index is 12.7. The lowest BCUT2D eigenvalue weighted by Crippen LogP contribution is -2.22. The summed E-state index contributed by atoms with van der Waals surface area (Å²) in [6.07, 6.45) is 4.07. The van der Waals surface area contributed by atoms with Crippen LogP contribution in [0, 0.1) is 11.3 Å². The van der Waals surface area contributed by atoms with Gasteiger partial charge in [-0.05, 0) is 25.0 Å². The average molecular weight is 339 g/mol. The second-order valence-electron chi connectivity index (χ2n) is 5.30. The molecule has 0 atom stereocenters. The van der Waals surface area contributed by atoms with Crippen LogP contribution in [0.15, 0.2) is 46.9 Å². The van der Waals surface area contributed by atoms with Gasteiger partial charge in [0.2, 0.25) is 5.78 Å². The van der Waals surface area contributed by atoms with Crippen LogP contribution >= 0.6 is 11.8 Å². The maximum absolute atomic E-state index is 12.7. The Bertz CT molecular complexity index is 982. The molecule has 0 aliphatic carbocycles. The third-order valence-corrected chi connectivity index (χ3v) is 4.72. The van der Waals surface area contributed by atoms with Crippen molar-refractivity contribution in [3.63, 3.8) is 0 Å². The molecule has 0 spiro atoms. The summed E-state index contributed by atoms with van der Waals surface area (Å²) in [5, 5.41) is 18.5. The Labute approximate surface area is 143 Å². The van der Waals surface area contributed by atoms with Crippen LogP contribution in [-0.4, -0.2) is 24.9 Å². The van der Waals surface area contributed by atoms with E-state index in [9.17, 15) is 4.79 Å². The molecule has 0 saturated heterocycles. The number of rotatable bonds is 7. The minimum Gasteiger partial charge on any atom is -0.272 e. The number of unbranched alkanes of at least 4 members (excludes halogenated alkanes) is 2. The van der Waals surface area contributed by atoms with Crippen molar-refractivity contribution in [2.75, 3.05) is 5.75 Å². The van der Waals surface area contributed by atoms with Gasteiger partial charge in [-0.3, -0.25) is 13.8 Å². The van der Waals surface area contributed by atoms with E-state index < -0.39 is 0 Å². The number of hydrogen-bond donors (Lipinski definition) is 0. The molecule has 6 nitrogen and oxygen atoms in total. The molecule has 7 heteroatoms. The summed E-state index contributed by atoms with van der Waals surface area (Å²) in [6, 6.07) is 9.64. The van der Waals surface area contributed by atoms with E-state index in [1.807, 2.05) is 28.7 Å². The molecule has 0 radical (unpaired) electrons. The van der Waals surface area contributed by atoms with E-state index in [2.05, 4.69) is 22.8 Å². The van der Waals surface area contributed by atoms with E-state index in [4.69, 9.17) is 5.26 Å². The number of aromatic nitrogens is 4. The second-order valence-corrected chi connectivity index (χ2v) is 6.37. The first kappa shape index (κ1) is 16.3. The van der Waals surface area contributed by atoms with Gasteiger partial charge in [0.15, 0.2) is 5.16 Å². The molecule has 0 aliphatic heterocycles. The van der Waals surface area contributed by atoms with Crippen LogP contribution in [-0.2, 0) is 6.54 Å². The number of benzene rings is 1. The smallest absolute Gasteiger partial charge is 0.263 e. The minimum atomic E-state index is -0.0871. The van der Waals surface area contributed by atoms with Gasteiger partial charge in [0, 0.05) is 18.7 Å². The third kappa shape index (κ3) is 2.93. The van der Waals surface area contributed by atoms with Gasteiger partial charge in [0.25, 0.3) is 5.56 Å². The van der Waals surface area contributed by atoms with E-state index in [1.54, 1.807) is 22.4 Å². The molecule has 0 bridgehead atoms. The molecular weight excluding hydrogens is 322 g/mol. The fourth-order valence-corrected chi connectivity index (χ4v) is 3.53. The number of thioether (sulfide) groups is 1. The van der Waals surface area contributed by atoms with Crippen LogP contribution < -0.4 is 5.56 Å². The molecule has 0 N–H and O–H groups in total. The summed E-state index contributed by atoms with van der Waals surface area (Å²) in [6.45, 7) is 4.11. The van der Waals surface area contributed by atoms with Crippen molar-refractivity contribution in [1.29, 1.82) is 5.26 Å². The van der Waals surface area contributed by atoms with Crippen LogP contribution in [0.1, 0.15) is 19.3 Å². The number of fused-ring (bicyclic) bond motifs is 3. The second kappa shape index (κ2) is 7.32. The van der Waals surface area contributed by atoms with Crippen molar-refractivity contribution in [3.8, 4) is 6.07 Å². The SMILES string of the molecule is C=CCn1c(=O)c2ccccc2n2c(SCCCCC#N)nnc12. The van der Waals surface area contributed by atoms with Gasteiger partial charge in [-0.2, -0.15) is 5.26 Å². The fraction of sp³-hybridized carbons (Fsp3) is 0.294. The number of para-hydroxylation sites is 1. The lowest BCUT2D eigenvalue weighted by atomic mass is 10.2. The molecule has 1 aromatic carbocycles. The zero-order valence-electron chi connectivity index (χ0n) is 13.2. The molecule has 0 fully saturated rings. The van der Waals surface area contributed by atoms with Crippen molar-refractivity contribution in [1.82, 2.24) is 19.2 Å². The Hall–Kier alpha value is -2.59. The predicted octanol–water partition coefficient (Wildman–Crippen LogP) is 3.02. The van der Waals surface area contributed by atoms with Crippen LogP contribution in [0.4, 0.5) is 0 Å². The van der Waals surface area contributed by atoms with Crippen LogP contribution in [0.25, 0.3) is 16.7 Å². The van der Waals surface area contributed by atoms with Gasteiger partial charge in [-0.1, -0.05) is 30.0 Å². The fourth-order valence-electron chi connectivity index (χ4n) is 2.59. The zero-order chi connectivity index (χ0) is 16.9. The highest BCUT2D eigenvalue weighted by Crippen LogP contribution is 2.22. The van der Waals surface area contributed by atoms with Gasteiger partial charge in [-0.25, -0.2) is 0 Å². The number of nitriles is 1. The Morgan fingerprint density at radius 3 is 2.92 bits per heavy atom. The summed E-state index contributed by atoms with van der Waals surface area (Å²) in [4.78, 5) is 12.7. The predicted molar refractivity (Wildman–Crippen MR) is 95.1 cm³/mol. The van der Waals surface area contributed by atoms with Gasteiger partial charge >= 0.3 is 0 Å². The van der Waals surface area contributed by atoms with E-state index in [-0.39, 0.29) is 5.56 Å². The Balaban J connectivity index is 2.08. The van der Waals surface area contributed by atoms with E-state index in [0.717, 1.165) is 29.3 Å².